The van der Waals surface area contributed by atoms with E-state index in [1.54, 1.807) is 36.4 Å². The number of unbranched alkanes of at least 4 members (excludes halogenated alkanes) is 1. The van der Waals surface area contributed by atoms with E-state index in [9.17, 15) is 14.4 Å². The summed E-state index contributed by atoms with van der Waals surface area (Å²) < 4.78 is 29.7. The van der Waals surface area contributed by atoms with Gasteiger partial charge in [-0.15, -0.1) is 0 Å². The highest BCUT2D eigenvalue weighted by Crippen LogP contribution is 2.43. The highest BCUT2D eigenvalue weighted by molar-refractivity contribution is 6.49. The fourth-order valence-electron chi connectivity index (χ4n) is 2.60. The Kier molecular flexibility index (Phi) is 4.96. The fraction of sp³-hybridized carbons (Fsp3) is 0.375. The first-order valence-electron chi connectivity index (χ1n) is 7.17. The molecule has 2 rings (SSSR count). The Hall–Kier alpha value is -1.46. The molecule has 0 saturated heterocycles. The van der Waals surface area contributed by atoms with Gasteiger partial charge >= 0.3 is 7.12 Å². The molecule has 0 aliphatic heterocycles. The van der Waals surface area contributed by atoms with Crippen molar-refractivity contribution in [2.45, 2.75) is 37.9 Å². The van der Waals surface area contributed by atoms with Crippen LogP contribution in [-0.4, -0.2) is 28.9 Å². The molecule has 2 nitrogen and oxygen atoms in total. The van der Waals surface area contributed by atoms with Crippen LogP contribution in [0, 0.1) is 0 Å². The monoisotopic (exact) mass is 292 g/mol. The number of hydrogen-bond donors (Lipinski definition) is 2. The Bertz CT molecular complexity index is 542. The smallest absolute Gasteiger partial charge is 0.425 e. The molecule has 0 bridgehead atoms. The lowest BCUT2D eigenvalue weighted by molar-refractivity contribution is 0.154. The maximum Gasteiger partial charge on any atom is 0.500 e. The van der Waals surface area contributed by atoms with E-state index in [1.807, 2.05) is 6.92 Å². The van der Waals surface area contributed by atoms with Gasteiger partial charge in [0.25, 0.3) is 0 Å². The van der Waals surface area contributed by atoms with E-state index in [-0.39, 0.29) is 11.1 Å². The van der Waals surface area contributed by atoms with Gasteiger partial charge in [-0.3, -0.25) is 0 Å². The Morgan fingerprint density at radius 2 is 1.86 bits per heavy atom. The summed E-state index contributed by atoms with van der Waals surface area (Å²) in [7, 11) is -2.41. The second kappa shape index (κ2) is 6.54. The van der Waals surface area contributed by atoms with Crippen molar-refractivity contribution in [1.82, 2.24) is 0 Å². The molecule has 2 unspecified atom stereocenters. The quantitative estimate of drug-likeness (QED) is 0.818. The summed E-state index contributed by atoms with van der Waals surface area (Å²) in [5, 5.41) is 18.9. The Labute approximate surface area is 124 Å². The normalized spacial score (nSPS) is 25.3. The average Bonchev–Trinajstić information content (AvgIpc) is 2.49. The summed E-state index contributed by atoms with van der Waals surface area (Å²) in [5.74, 6) is 0. The number of alkyl halides is 2. The van der Waals surface area contributed by atoms with Crippen molar-refractivity contribution < 1.29 is 18.8 Å². The molecular formula is C16H19BF2O2. The number of allylic oxidation sites excluding steroid dienone is 4. The highest BCUT2D eigenvalue weighted by Gasteiger charge is 2.55. The van der Waals surface area contributed by atoms with Gasteiger partial charge in [-0.25, -0.2) is 8.78 Å². The van der Waals surface area contributed by atoms with Crippen molar-refractivity contribution in [1.29, 1.82) is 0 Å². The maximum atomic E-state index is 15.1. The highest BCUT2D eigenvalue weighted by atomic mass is 19.2. The predicted octanol–water partition coefficient (Wildman–Crippen LogP) is 3.26. The molecular weight excluding hydrogens is 273 g/mol. The average molecular weight is 292 g/mol. The Morgan fingerprint density at radius 3 is 2.43 bits per heavy atom. The molecule has 1 aliphatic rings. The zero-order valence-electron chi connectivity index (χ0n) is 12.0. The van der Waals surface area contributed by atoms with Crippen LogP contribution < -0.4 is 0 Å². The first-order chi connectivity index (χ1) is 10.0. The summed E-state index contributed by atoms with van der Waals surface area (Å²) in [5.41, 5.74) is -2.15. The van der Waals surface area contributed by atoms with Crippen LogP contribution in [0.15, 0.2) is 48.1 Å². The molecule has 21 heavy (non-hydrogen) atoms. The molecule has 1 aromatic carbocycles. The minimum Gasteiger partial charge on any atom is -0.425 e. The Morgan fingerprint density at radius 1 is 1.19 bits per heavy atom. The van der Waals surface area contributed by atoms with Gasteiger partial charge in [-0.2, -0.15) is 0 Å². The molecule has 2 atom stereocenters. The summed E-state index contributed by atoms with van der Waals surface area (Å²) in [6.07, 6.45) is 2.97. The SMILES string of the molecule is CCCCC1=CC=C(c2ccccc2)C(F)(B(O)O)C1F. The lowest BCUT2D eigenvalue weighted by Gasteiger charge is -2.34. The third-order valence-corrected chi connectivity index (χ3v) is 3.85. The van der Waals surface area contributed by atoms with E-state index in [4.69, 9.17) is 0 Å². The molecule has 0 radical (unpaired) electrons. The van der Waals surface area contributed by atoms with Gasteiger partial charge in [0.1, 0.15) is 0 Å². The largest absolute Gasteiger partial charge is 0.500 e. The number of halogens is 2. The number of rotatable bonds is 5. The van der Waals surface area contributed by atoms with E-state index in [0.717, 1.165) is 12.8 Å². The van der Waals surface area contributed by atoms with Gasteiger partial charge in [-0.05, 0) is 29.6 Å². The van der Waals surface area contributed by atoms with Crippen molar-refractivity contribution in [2.75, 3.05) is 0 Å². The Balaban J connectivity index is 2.45. The third-order valence-electron chi connectivity index (χ3n) is 3.85. The molecule has 0 fully saturated rings. The van der Waals surface area contributed by atoms with E-state index >= 15 is 4.39 Å². The van der Waals surface area contributed by atoms with Gasteiger partial charge in [-0.1, -0.05) is 55.8 Å². The van der Waals surface area contributed by atoms with Crippen LogP contribution in [0.2, 0.25) is 0 Å². The van der Waals surface area contributed by atoms with Gasteiger partial charge in [0.15, 0.2) is 6.17 Å². The lowest BCUT2D eigenvalue weighted by atomic mass is 9.58. The summed E-state index contributed by atoms with van der Waals surface area (Å²) in [6, 6.07) is 8.41. The minimum atomic E-state index is -2.83. The van der Waals surface area contributed by atoms with Gasteiger partial charge in [0.2, 0.25) is 5.57 Å². The van der Waals surface area contributed by atoms with Crippen LogP contribution in [0.5, 0.6) is 0 Å². The summed E-state index contributed by atoms with van der Waals surface area (Å²) >= 11 is 0. The fourth-order valence-corrected chi connectivity index (χ4v) is 2.60. The van der Waals surface area contributed by atoms with Crippen LogP contribution in [0.3, 0.4) is 0 Å². The van der Waals surface area contributed by atoms with Crippen LogP contribution in [0.4, 0.5) is 8.78 Å². The molecule has 1 aliphatic carbocycles. The molecule has 112 valence electrons. The maximum absolute atomic E-state index is 15.1. The van der Waals surface area contributed by atoms with Crippen molar-refractivity contribution in [3.05, 3.63) is 53.6 Å². The molecule has 0 aromatic heterocycles. The first kappa shape index (κ1) is 15.9. The summed E-state index contributed by atoms with van der Waals surface area (Å²) in [6.45, 7) is 1.96. The number of hydrogen-bond acceptors (Lipinski definition) is 2. The second-order valence-corrected chi connectivity index (χ2v) is 5.30. The lowest BCUT2D eigenvalue weighted by Crippen LogP contribution is -2.52. The van der Waals surface area contributed by atoms with E-state index < -0.39 is 18.9 Å². The van der Waals surface area contributed by atoms with Crippen molar-refractivity contribution >= 4 is 12.7 Å². The van der Waals surface area contributed by atoms with Crippen LogP contribution >= 0.6 is 0 Å². The van der Waals surface area contributed by atoms with Crippen LogP contribution in [0.1, 0.15) is 31.7 Å². The standard InChI is InChI=1S/C16H19BF2O2/c1-2-3-7-13-10-11-14(12-8-5-4-6-9-12)16(19,15(13)18)17(20)21/h4-6,8-11,15,20-21H,2-3,7H2,1H3. The molecule has 0 amide bonds. The van der Waals surface area contributed by atoms with Gasteiger partial charge in [0, 0.05) is 0 Å². The van der Waals surface area contributed by atoms with Crippen LogP contribution in [-0.2, 0) is 0 Å². The van der Waals surface area contributed by atoms with Gasteiger partial charge in [0.05, 0.1) is 0 Å². The van der Waals surface area contributed by atoms with Crippen LogP contribution in [0.25, 0.3) is 5.57 Å². The molecule has 0 spiro atoms. The number of benzene rings is 1. The van der Waals surface area contributed by atoms with E-state index in [0.29, 0.717) is 12.0 Å². The molecule has 5 heteroatoms. The molecule has 2 N–H and O–H groups in total. The van der Waals surface area contributed by atoms with Gasteiger partial charge < -0.3 is 10.0 Å². The topological polar surface area (TPSA) is 40.5 Å². The van der Waals surface area contributed by atoms with E-state index in [1.165, 1.54) is 6.08 Å². The molecule has 0 saturated carbocycles. The zero-order chi connectivity index (χ0) is 15.5. The second-order valence-electron chi connectivity index (χ2n) is 5.30. The van der Waals surface area contributed by atoms with Crippen molar-refractivity contribution in [3.63, 3.8) is 0 Å². The van der Waals surface area contributed by atoms with E-state index in [2.05, 4.69) is 0 Å². The van der Waals surface area contributed by atoms with Crippen molar-refractivity contribution in [3.8, 4) is 0 Å². The first-order valence-corrected chi connectivity index (χ1v) is 7.17. The summed E-state index contributed by atoms with van der Waals surface area (Å²) in [4.78, 5) is 0. The third kappa shape index (κ3) is 2.94. The predicted molar refractivity (Wildman–Crippen MR) is 81.0 cm³/mol. The van der Waals surface area contributed by atoms with Crippen molar-refractivity contribution in [2.24, 2.45) is 0 Å². The molecule has 1 aromatic rings. The zero-order valence-corrected chi connectivity index (χ0v) is 12.0. The minimum absolute atomic E-state index is 0.0363. The molecule has 0 heterocycles.